The number of aryl methyl sites for hydroxylation is 2. The van der Waals surface area contributed by atoms with Gasteiger partial charge in [0.05, 0.1) is 16.6 Å². The molecular formula is C28H34N4O4S. The molecule has 2 aromatic carbocycles. The van der Waals surface area contributed by atoms with E-state index in [1.54, 1.807) is 23.1 Å². The van der Waals surface area contributed by atoms with Gasteiger partial charge in [0.2, 0.25) is 11.8 Å². The zero-order chi connectivity index (χ0) is 27.0. The summed E-state index contributed by atoms with van der Waals surface area (Å²) in [5, 5.41) is 0. The third-order valence-corrected chi connectivity index (χ3v) is 7.75. The highest BCUT2D eigenvalue weighted by molar-refractivity contribution is 7.92. The average Bonchev–Trinajstić information content (AvgIpc) is 2.81. The van der Waals surface area contributed by atoms with E-state index >= 15 is 0 Å². The fourth-order valence-corrected chi connectivity index (χ4v) is 5.30. The standard InChI is InChI=1S/C28H34N4O4S/c1-18-9-7-10-19(2)25(18)23-16-24-30-27(29-23)31-37(34,35)22-12-8-11-21(15-22)26(33)32(20(3)17-36-24)14-13-28(4,5)6/h7-12,15-16,20H,13-14,17H2,1-6H3,(H,29,30,31)/t20-/m1/s1. The van der Waals surface area contributed by atoms with Crippen molar-refractivity contribution in [3.63, 3.8) is 0 Å². The molecule has 0 saturated heterocycles. The maximum atomic E-state index is 13.6. The van der Waals surface area contributed by atoms with E-state index in [0.29, 0.717) is 17.8 Å². The molecule has 0 saturated carbocycles. The van der Waals surface area contributed by atoms with Gasteiger partial charge in [-0.2, -0.15) is 4.98 Å². The van der Waals surface area contributed by atoms with Crippen molar-refractivity contribution in [1.29, 1.82) is 0 Å². The van der Waals surface area contributed by atoms with Crippen LogP contribution in [-0.2, 0) is 10.0 Å². The third kappa shape index (κ3) is 6.10. The maximum Gasteiger partial charge on any atom is 0.264 e. The molecule has 9 heteroatoms. The van der Waals surface area contributed by atoms with Gasteiger partial charge in [-0.3, -0.25) is 4.79 Å². The number of benzene rings is 2. The molecule has 2 heterocycles. The van der Waals surface area contributed by atoms with Gasteiger partial charge in [0, 0.05) is 23.7 Å². The van der Waals surface area contributed by atoms with Gasteiger partial charge in [-0.15, -0.1) is 0 Å². The van der Waals surface area contributed by atoms with E-state index in [-0.39, 0.29) is 40.7 Å². The third-order valence-electron chi connectivity index (χ3n) is 6.42. The molecule has 1 aromatic heterocycles. The van der Waals surface area contributed by atoms with Gasteiger partial charge in [-0.25, -0.2) is 18.1 Å². The lowest BCUT2D eigenvalue weighted by atomic mass is 9.92. The lowest BCUT2D eigenvalue weighted by Crippen LogP contribution is -2.43. The van der Waals surface area contributed by atoms with Gasteiger partial charge in [0.1, 0.15) is 6.61 Å². The van der Waals surface area contributed by atoms with Crippen LogP contribution in [0.15, 0.2) is 53.4 Å². The summed E-state index contributed by atoms with van der Waals surface area (Å²) in [5.74, 6) is -0.111. The van der Waals surface area contributed by atoms with Crippen molar-refractivity contribution >= 4 is 21.9 Å². The molecule has 1 atom stereocenters. The van der Waals surface area contributed by atoms with Crippen molar-refractivity contribution in [2.45, 2.75) is 58.9 Å². The molecule has 1 N–H and O–H groups in total. The predicted molar refractivity (Wildman–Crippen MR) is 144 cm³/mol. The summed E-state index contributed by atoms with van der Waals surface area (Å²) in [4.78, 5) is 24.2. The normalized spacial score (nSPS) is 17.6. The highest BCUT2D eigenvalue weighted by Crippen LogP contribution is 2.30. The zero-order valence-corrected chi connectivity index (χ0v) is 23.0. The first-order valence-corrected chi connectivity index (χ1v) is 13.8. The first-order chi connectivity index (χ1) is 17.3. The number of hydrogen-bond acceptors (Lipinski definition) is 6. The Balaban J connectivity index is 1.84. The van der Waals surface area contributed by atoms with Crippen LogP contribution in [0.1, 0.15) is 55.6 Å². The summed E-state index contributed by atoms with van der Waals surface area (Å²) < 4.78 is 35.2. The maximum absolute atomic E-state index is 13.6. The van der Waals surface area contributed by atoms with Crippen molar-refractivity contribution in [2.75, 3.05) is 17.9 Å². The number of hydrogen-bond donors (Lipinski definition) is 1. The second-order valence-electron chi connectivity index (χ2n) is 10.8. The van der Waals surface area contributed by atoms with Crippen molar-refractivity contribution in [3.05, 3.63) is 65.2 Å². The first-order valence-electron chi connectivity index (χ1n) is 12.4. The van der Waals surface area contributed by atoms with E-state index in [2.05, 4.69) is 35.5 Å². The summed E-state index contributed by atoms with van der Waals surface area (Å²) in [6, 6.07) is 13.4. The number of anilines is 1. The number of nitrogens with one attached hydrogen (secondary N) is 1. The van der Waals surface area contributed by atoms with Crippen LogP contribution >= 0.6 is 0 Å². The Morgan fingerprint density at radius 1 is 1.05 bits per heavy atom. The highest BCUT2D eigenvalue weighted by Gasteiger charge is 2.27. The monoisotopic (exact) mass is 522 g/mol. The molecule has 196 valence electrons. The van der Waals surface area contributed by atoms with Crippen LogP contribution in [0.2, 0.25) is 0 Å². The fraction of sp³-hybridized carbons (Fsp3) is 0.393. The van der Waals surface area contributed by atoms with E-state index in [9.17, 15) is 13.2 Å². The molecule has 1 aliphatic heterocycles. The number of carbonyl (C=O) groups is 1. The van der Waals surface area contributed by atoms with Crippen LogP contribution in [0.3, 0.4) is 0 Å². The van der Waals surface area contributed by atoms with Crippen molar-refractivity contribution < 1.29 is 17.9 Å². The minimum absolute atomic E-state index is 0.0129. The number of rotatable bonds is 3. The molecule has 1 aliphatic rings. The van der Waals surface area contributed by atoms with Gasteiger partial charge in [-0.05, 0) is 61.9 Å². The molecule has 37 heavy (non-hydrogen) atoms. The molecule has 0 unspecified atom stereocenters. The SMILES string of the molecule is Cc1cccc(C)c1-c1cc2nc(n1)NS(=O)(=O)c1cccc(c1)C(=O)N(CCC(C)(C)C)[C@H](C)CO2. The van der Waals surface area contributed by atoms with Crippen LogP contribution in [0.5, 0.6) is 5.88 Å². The summed E-state index contributed by atoms with van der Waals surface area (Å²) in [6.07, 6.45) is 0.775. The minimum atomic E-state index is -4.07. The van der Waals surface area contributed by atoms with Gasteiger partial charge in [0.25, 0.3) is 15.9 Å². The predicted octanol–water partition coefficient (Wildman–Crippen LogP) is 5.22. The van der Waals surface area contributed by atoms with E-state index < -0.39 is 10.0 Å². The Morgan fingerprint density at radius 3 is 2.41 bits per heavy atom. The van der Waals surface area contributed by atoms with Gasteiger partial charge >= 0.3 is 0 Å². The molecular weight excluding hydrogens is 488 g/mol. The number of ether oxygens (including phenoxy) is 1. The molecule has 0 radical (unpaired) electrons. The first kappa shape index (κ1) is 26.6. The summed E-state index contributed by atoms with van der Waals surface area (Å²) in [6.45, 7) is 12.9. The molecule has 0 spiro atoms. The Hall–Kier alpha value is -3.46. The quantitative estimate of drug-likeness (QED) is 0.506. The van der Waals surface area contributed by atoms with Crippen LogP contribution in [-0.4, -0.2) is 48.4 Å². The lowest BCUT2D eigenvalue weighted by Gasteiger charge is -2.32. The van der Waals surface area contributed by atoms with Crippen LogP contribution in [0.25, 0.3) is 11.3 Å². The molecule has 0 aliphatic carbocycles. The van der Waals surface area contributed by atoms with E-state index in [1.807, 2.05) is 39.0 Å². The Kier molecular flexibility index (Phi) is 7.28. The number of sulfonamides is 1. The van der Waals surface area contributed by atoms with Gasteiger partial charge in [-0.1, -0.05) is 45.0 Å². The molecule has 4 bridgehead atoms. The van der Waals surface area contributed by atoms with Gasteiger partial charge < -0.3 is 9.64 Å². The second-order valence-corrected chi connectivity index (χ2v) is 12.5. The molecule has 8 nitrogen and oxygen atoms in total. The molecule has 3 aromatic rings. The summed E-state index contributed by atoms with van der Waals surface area (Å²) in [7, 11) is -4.07. The zero-order valence-electron chi connectivity index (χ0n) is 22.2. The Bertz CT molecular complexity index is 1410. The number of fused-ring (bicyclic) bond motifs is 4. The largest absolute Gasteiger partial charge is 0.475 e. The lowest BCUT2D eigenvalue weighted by molar-refractivity contribution is 0.0606. The number of carbonyl (C=O) groups excluding carboxylic acids is 1. The molecule has 0 fully saturated rings. The van der Waals surface area contributed by atoms with Crippen LogP contribution in [0, 0.1) is 19.3 Å². The minimum Gasteiger partial charge on any atom is -0.475 e. The van der Waals surface area contributed by atoms with Crippen molar-refractivity contribution in [2.24, 2.45) is 5.41 Å². The van der Waals surface area contributed by atoms with E-state index in [4.69, 9.17) is 4.74 Å². The number of aromatic nitrogens is 2. The molecule has 4 rings (SSSR count). The smallest absolute Gasteiger partial charge is 0.264 e. The summed E-state index contributed by atoms with van der Waals surface area (Å²) in [5.41, 5.74) is 3.74. The highest BCUT2D eigenvalue weighted by atomic mass is 32.2. The molecule has 1 amide bonds. The van der Waals surface area contributed by atoms with E-state index in [1.165, 1.54) is 12.1 Å². The average molecular weight is 523 g/mol. The van der Waals surface area contributed by atoms with Crippen molar-refractivity contribution in [3.8, 4) is 17.1 Å². The van der Waals surface area contributed by atoms with Crippen LogP contribution < -0.4 is 9.46 Å². The Labute approximate surface area is 219 Å². The topological polar surface area (TPSA) is 101 Å². The number of nitrogens with zero attached hydrogens (tertiary/aromatic N) is 3. The second kappa shape index (κ2) is 10.1. The van der Waals surface area contributed by atoms with Gasteiger partial charge in [0.15, 0.2) is 0 Å². The Morgan fingerprint density at radius 2 is 1.73 bits per heavy atom. The summed E-state index contributed by atoms with van der Waals surface area (Å²) >= 11 is 0. The van der Waals surface area contributed by atoms with Crippen LogP contribution in [0.4, 0.5) is 5.95 Å². The van der Waals surface area contributed by atoms with Crippen molar-refractivity contribution in [1.82, 2.24) is 14.9 Å². The van der Waals surface area contributed by atoms with E-state index in [0.717, 1.165) is 23.1 Å². The number of amides is 1. The fourth-order valence-electron chi connectivity index (χ4n) is 4.31.